The van der Waals surface area contributed by atoms with E-state index in [2.05, 4.69) is 6.92 Å². The zero-order valence-electron chi connectivity index (χ0n) is 17.1. The van der Waals surface area contributed by atoms with Gasteiger partial charge in [0.05, 0.1) is 19.1 Å². The van der Waals surface area contributed by atoms with E-state index in [0.29, 0.717) is 19.3 Å². The van der Waals surface area contributed by atoms with Crippen molar-refractivity contribution in [2.24, 2.45) is 29.1 Å². The number of hydrogen-bond acceptors (Lipinski definition) is 6. The maximum atomic E-state index is 12.9. The van der Waals surface area contributed by atoms with E-state index in [1.807, 2.05) is 6.08 Å². The first-order chi connectivity index (χ1) is 13.8. The fourth-order valence-electron chi connectivity index (χ4n) is 8.15. The molecule has 2 spiro atoms. The lowest BCUT2D eigenvalue weighted by Crippen LogP contribution is -2.59. The van der Waals surface area contributed by atoms with E-state index < -0.39 is 0 Å². The third kappa shape index (κ3) is 2.04. The van der Waals surface area contributed by atoms with Gasteiger partial charge in [0.1, 0.15) is 17.0 Å². The summed E-state index contributed by atoms with van der Waals surface area (Å²) in [6.45, 7) is 2.24. The molecule has 0 radical (unpaired) electrons. The van der Waals surface area contributed by atoms with Crippen molar-refractivity contribution < 1.29 is 28.6 Å². The number of ether oxygens (including phenoxy) is 3. The first-order valence-electron chi connectivity index (χ1n) is 11.0. The standard InChI is InChI=1S/C23H28O6/c1-21-6-3-13(24)9-12(21)10-15(20(26)27-2)19-14-4-7-22(8-5-18(25)29-22)16(14)11-17-23(19,21)28-17/h10,14-17,19H,3-9,11H2,1-2H3/t14?,15-,16?,17-,19?,21?,22-,23-/m1/s1. The summed E-state index contributed by atoms with van der Waals surface area (Å²) in [5.74, 6) is 0.0779. The summed E-state index contributed by atoms with van der Waals surface area (Å²) < 4.78 is 17.7. The molecule has 4 unspecified atom stereocenters. The molecule has 2 heterocycles. The van der Waals surface area contributed by atoms with Gasteiger partial charge in [-0.15, -0.1) is 0 Å². The minimum Gasteiger partial charge on any atom is -0.469 e. The van der Waals surface area contributed by atoms with Crippen LogP contribution in [0.5, 0.6) is 0 Å². The van der Waals surface area contributed by atoms with Crippen molar-refractivity contribution in [2.75, 3.05) is 7.11 Å². The average molecular weight is 400 g/mol. The third-order valence-corrected chi connectivity index (χ3v) is 9.45. The Morgan fingerprint density at radius 1 is 1.21 bits per heavy atom. The molecule has 6 aliphatic rings. The number of carbonyl (C=O) groups is 3. The maximum absolute atomic E-state index is 12.9. The van der Waals surface area contributed by atoms with E-state index in [1.165, 1.54) is 7.11 Å². The number of ketones is 1. The number of carbonyl (C=O) groups excluding carboxylic acids is 3. The number of rotatable bonds is 1. The van der Waals surface area contributed by atoms with Crippen molar-refractivity contribution >= 4 is 17.7 Å². The predicted molar refractivity (Wildman–Crippen MR) is 101 cm³/mol. The molecular formula is C23H28O6. The summed E-state index contributed by atoms with van der Waals surface area (Å²) in [5, 5.41) is 0. The van der Waals surface area contributed by atoms with Crippen LogP contribution in [0.15, 0.2) is 11.6 Å². The van der Waals surface area contributed by atoms with Gasteiger partial charge in [0.25, 0.3) is 0 Å². The van der Waals surface area contributed by atoms with Crippen LogP contribution in [0, 0.1) is 29.1 Å². The number of hydrogen-bond donors (Lipinski definition) is 0. The summed E-state index contributed by atoms with van der Waals surface area (Å²) in [7, 11) is 1.44. The Morgan fingerprint density at radius 2 is 2.03 bits per heavy atom. The molecule has 0 bridgehead atoms. The molecule has 29 heavy (non-hydrogen) atoms. The van der Waals surface area contributed by atoms with E-state index in [0.717, 1.165) is 37.7 Å². The highest BCUT2D eigenvalue weighted by Crippen LogP contribution is 2.74. The molecule has 5 fully saturated rings. The number of methoxy groups -OCH3 is 1. The molecule has 2 aliphatic heterocycles. The lowest BCUT2D eigenvalue weighted by molar-refractivity contribution is -0.157. The lowest BCUT2D eigenvalue weighted by atomic mass is 9.47. The monoisotopic (exact) mass is 400 g/mol. The number of Topliss-reactive ketones (excluding diaryl/α,β-unsaturated/α-hetero) is 1. The molecule has 2 saturated heterocycles. The van der Waals surface area contributed by atoms with Gasteiger partial charge >= 0.3 is 11.9 Å². The Morgan fingerprint density at radius 3 is 2.76 bits per heavy atom. The molecule has 0 N–H and O–H groups in total. The summed E-state index contributed by atoms with van der Waals surface area (Å²) in [5.41, 5.74) is 0.120. The number of epoxide rings is 1. The Kier molecular flexibility index (Phi) is 3.44. The molecule has 0 amide bonds. The molecule has 3 saturated carbocycles. The van der Waals surface area contributed by atoms with Crippen LogP contribution >= 0.6 is 0 Å². The van der Waals surface area contributed by atoms with Crippen LogP contribution in [0.4, 0.5) is 0 Å². The quantitative estimate of drug-likeness (QED) is 0.382. The molecule has 6 rings (SSSR count). The summed E-state index contributed by atoms with van der Waals surface area (Å²) in [6.07, 6.45) is 7.91. The van der Waals surface area contributed by atoms with Gasteiger partial charge in [-0.05, 0) is 38.0 Å². The second kappa shape index (κ2) is 5.51. The van der Waals surface area contributed by atoms with Crippen LogP contribution in [0.2, 0.25) is 0 Å². The van der Waals surface area contributed by atoms with Gasteiger partial charge < -0.3 is 14.2 Å². The Hall–Kier alpha value is -1.69. The highest BCUT2D eigenvalue weighted by molar-refractivity contribution is 5.84. The SMILES string of the molecule is COC(=O)[C@@H]1C=C2CC(=O)CCC2(C)[C@@]23O[C@@H]2CC2C(CC[C@@]24CCC(=O)O4)C13. The van der Waals surface area contributed by atoms with Gasteiger partial charge in [-0.2, -0.15) is 0 Å². The van der Waals surface area contributed by atoms with E-state index in [1.54, 1.807) is 0 Å². The number of fused-ring (bicyclic) bond motifs is 4. The van der Waals surface area contributed by atoms with E-state index in [9.17, 15) is 14.4 Å². The van der Waals surface area contributed by atoms with Crippen LogP contribution in [0.3, 0.4) is 0 Å². The van der Waals surface area contributed by atoms with Crippen molar-refractivity contribution in [1.29, 1.82) is 0 Å². The largest absolute Gasteiger partial charge is 0.469 e. The first kappa shape index (κ1) is 18.1. The van der Waals surface area contributed by atoms with E-state index in [4.69, 9.17) is 14.2 Å². The van der Waals surface area contributed by atoms with Crippen molar-refractivity contribution in [1.82, 2.24) is 0 Å². The van der Waals surface area contributed by atoms with Gasteiger partial charge in [-0.25, -0.2) is 0 Å². The average Bonchev–Trinajstić information content (AvgIpc) is 3.19. The van der Waals surface area contributed by atoms with Gasteiger partial charge in [-0.1, -0.05) is 18.6 Å². The van der Waals surface area contributed by atoms with Gasteiger partial charge in [0, 0.05) is 36.5 Å². The zero-order valence-corrected chi connectivity index (χ0v) is 17.1. The van der Waals surface area contributed by atoms with Crippen molar-refractivity contribution in [3.05, 3.63) is 11.6 Å². The Balaban J connectivity index is 1.46. The predicted octanol–water partition coefficient (Wildman–Crippen LogP) is 2.73. The fraction of sp³-hybridized carbons (Fsp3) is 0.783. The van der Waals surface area contributed by atoms with Crippen molar-refractivity contribution in [3.63, 3.8) is 0 Å². The topological polar surface area (TPSA) is 82.2 Å². The van der Waals surface area contributed by atoms with Crippen molar-refractivity contribution in [2.45, 2.75) is 75.6 Å². The van der Waals surface area contributed by atoms with Gasteiger partial charge in [0.2, 0.25) is 0 Å². The van der Waals surface area contributed by atoms with Crippen LogP contribution in [0.25, 0.3) is 0 Å². The molecular weight excluding hydrogens is 372 g/mol. The van der Waals surface area contributed by atoms with E-state index >= 15 is 0 Å². The molecule has 156 valence electrons. The second-order valence-electron chi connectivity index (χ2n) is 10.3. The molecule has 0 aromatic carbocycles. The second-order valence-corrected chi connectivity index (χ2v) is 10.3. The summed E-state index contributed by atoms with van der Waals surface area (Å²) in [4.78, 5) is 37.1. The lowest BCUT2D eigenvalue weighted by Gasteiger charge is -2.54. The molecule has 0 aromatic rings. The smallest absolute Gasteiger partial charge is 0.312 e. The molecule has 6 nitrogen and oxygen atoms in total. The normalized spacial score (nSPS) is 52.1. The molecule has 8 atom stereocenters. The van der Waals surface area contributed by atoms with Gasteiger partial charge in [0.15, 0.2) is 0 Å². The fourth-order valence-corrected chi connectivity index (χ4v) is 8.15. The van der Waals surface area contributed by atoms with Crippen molar-refractivity contribution in [3.8, 4) is 0 Å². The summed E-state index contributed by atoms with van der Waals surface area (Å²) >= 11 is 0. The van der Waals surface area contributed by atoms with Crippen LogP contribution in [-0.4, -0.2) is 42.1 Å². The molecule has 4 aliphatic carbocycles. The van der Waals surface area contributed by atoms with Crippen LogP contribution in [0.1, 0.15) is 58.3 Å². The Labute approximate surface area is 170 Å². The Bertz CT molecular complexity index is 861. The number of esters is 2. The van der Waals surface area contributed by atoms with Crippen LogP contribution < -0.4 is 0 Å². The minimum atomic E-state index is -0.390. The van der Waals surface area contributed by atoms with Crippen LogP contribution in [-0.2, 0) is 28.6 Å². The summed E-state index contributed by atoms with van der Waals surface area (Å²) in [6, 6.07) is 0. The first-order valence-corrected chi connectivity index (χ1v) is 11.0. The van der Waals surface area contributed by atoms with Gasteiger partial charge in [-0.3, -0.25) is 14.4 Å². The molecule has 0 aromatic heterocycles. The maximum Gasteiger partial charge on any atom is 0.312 e. The minimum absolute atomic E-state index is 0.0272. The molecule has 6 heteroatoms. The highest BCUT2D eigenvalue weighted by atomic mass is 16.6. The third-order valence-electron chi connectivity index (χ3n) is 9.45. The van der Waals surface area contributed by atoms with E-state index in [-0.39, 0.29) is 64.1 Å². The zero-order chi connectivity index (χ0) is 20.2. The highest BCUT2D eigenvalue weighted by Gasteiger charge is 2.80.